The predicted molar refractivity (Wildman–Crippen MR) is 276 cm³/mol. The molecule has 3 amide bonds. The largest absolute Gasteiger partial charge is 0.494 e. The maximum absolute atomic E-state index is 13.5. The SMILES string of the molecule is C=C(CCCCCN1CCC2(CC1)CCN(c1cc(OC)c(Nc3ncc(Br)c(Nc4ccc5nccnc5c4P(C)(C)=O)n3)cc1C)CC2)Cc1ccc2c(c1)CN(C1CCC(=O)NC1=O)C2=O. The summed E-state index contributed by atoms with van der Waals surface area (Å²) >= 11 is 3.60. The molecule has 0 bridgehead atoms. The van der Waals surface area contributed by atoms with Crippen LogP contribution >= 0.6 is 23.1 Å². The fourth-order valence-electron chi connectivity index (χ4n) is 10.7. The molecule has 4 aliphatic heterocycles. The van der Waals surface area contributed by atoms with E-state index in [4.69, 9.17) is 9.72 Å². The molecule has 15 nitrogen and oxygen atoms in total. The standard InChI is InChI=1S/C52H62BrN10O5P/c1-33(27-35-10-11-37-36(29-35)32-63(50(37)66)42-14-15-45(64)59-49(42)65)9-7-6-8-22-61-23-16-52(17-24-61)18-25-62(26-19-52)43-30-44(68-3)41(28-34(43)2)58-51-56-31-38(53)48(60-51)57-40-13-12-39-46(55-21-20-54-39)47(40)69(4,5)67/h10-13,20-21,28-31,42H,1,6-9,14-19,22-27,32H2,2-5H3,(H,59,64,65)(H2,56,57,58,60). The number of unbranched alkanes of at least 4 members (excludes halogenated alkanes) is 2. The minimum Gasteiger partial charge on any atom is -0.494 e. The first-order valence-electron chi connectivity index (χ1n) is 24.1. The Hall–Kier alpha value is -5.70. The first-order chi connectivity index (χ1) is 33.2. The molecule has 0 aliphatic carbocycles. The molecule has 6 heterocycles. The maximum atomic E-state index is 13.5. The van der Waals surface area contributed by atoms with Crippen LogP contribution in [0.5, 0.6) is 5.75 Å². The van der Waals surface area contributed by atoms with E-state index in [1.807, 2.05) is 24.3 Å². The highest BCUT2D eigenvalue weighted by atomic mass is 79.9. The number of aryl methyl sites for hydroxylation is 1. The van der Waals surface area contributed by atoms with E-state index < -0.39 is 13.2 Å². The van der Waals surface area contributed by atoms with Gasteiger partial charge in [-0.1, -0.05) is 30.7 Å². The summed E-state index contributed by atoms with van der Waals surface area (Å²) in [5.74, 6) is 0.808. The fourth-order valence-corrected chi connectivity index (χ4v) is 12.4. The molecule has 362 valence electrons. The van der Waals surface area contributed by atoms with Crippen molar-refractivity contribution in [3.63, 3.8) is 0 Å². The van der Waals surface area contributed by atoms with Crippen molar-refractivity contribution in [2.24, 2.45) is 5.41 Å². The number of anilines is 5. The molecule has 9 rings (SSSR count). The maximum Gasteiger partial charge on any atom is 0.255 e. The van der Waals surface area contributed by atoms with Crippen molar-refractivity contribution in [2.45, 2.75) is 90.1 Å². The van der Waals surface area contributed by atoms with Crippen LogP contribution in [-0.4, -0.2) is 107 Å². The Morgan fingerprint density at radius 1 is 0.942 bits per heavy atom. The van der Waals surface area contributed by atoms with Crippen LogP contribution < -0.4 is 30.9 Å². The van der Waals surface area contributed by atoms with Gasteiger partial charge in [-0.05, 0) is 160 Å². The van der Waals surface area contributed by atoms with Crippen molar-refractivity contribution in [2.75, 3.05) is 68.7 Å². The Bertz CT molecular complexity index is 2850. The smallest absolute Gasteiger partial charge is 0.255 e. The lowest BCUT2D eigenvalue weighted by Gasteiger charge is -2.47. The third-order valence-corrected chi connectivity index (χ3v) is 16.7. The van der Waals surface area contributed by atoms with E-state index >= 15 is 0 Å². The summed E-state index contributed by atoms with van der Waals surface area (Å²) < 4.78 is 20.1. The fraction of sp³-hybridized carbons (Fsp3) is 0.442. The molecule has 3 fully saturated rings. The molecule has 69 heavy (non-hydrogen) atoms. The van der Waals surface area contributed by atoms with E-state index in [0.29, 0.717) is 68.0 Å². The Labute approximate surface area is 412 Å². The molecule has 4 aliphatic rings. The van der Waals surface area contributed by atoms with Crippen molar-refractivity contribution in [1.82, 2.24) is 35.1 Å². The third kappa shape index (κ3) is 10.7. The number of hydrogen-bond acceptors (Lipinski definition) is 13. The average molecular weight is 1020 g/mol. The summed E-state index contributed by atoms with van der Waals surface area (Å²) in [5.41, 5.74) is 9.35. The van der Waals surface area contributed by atoms with Crippen LogP contribution in [0.15, 0.2) is 77.7 Å². The van der Waals surface area contributed by atoms with Gasteiger partial charge in [-0.3, -0.25) is 29.7 Å². The first kappa shape index (κ1) is 48.3. The van der Waals surface area contributed by atoms with Crippen LogP contribution in [0, 0.1) is 12.3 Å². The molecule has 0 saturated carbocycles. The highest BCUT2D eigenvalue weighted by Gasteiger charge is 2.40. The van der Waals surface area contributed by atoms with E-state index in [-0.39, 0.29) is 24.1 Å². The molecule has 3 N–H and O–H groups in total. The van der Waals surface area contributed by atoms with Gasteiger partial charge >= 0.3 is 0 Å². The molecule has 3 saturated heterocycles. The third-order valence-electron chi connectivity index (χ3n) is 14.5. The normalized spacial score (nSPS) is 18.4. The predicted octanol–water partition coefficient (Wildman–Crippen LogP) is 9.04. The molecule has 1 atom stereocenters. The molecular formula is C52H62BrN10O5P. The Kier molecular flexibility index (Phi) is 14.2. The number of fused-ring (bicyclic) bond motifs is 2. The quantitative estimate of drug-likeness (QED) is 0.0370. The number of piperidine rings is 3. The monoisotopic (exact) mass is 1020 g/mol. The highest BCUT2D eigenvalue weighted by molar-refractivity contribution is 9.10. The van der Waals surface area contributed by atoms with Gasteiger partial charge in [0, 0.05) is 62.0 Å². The van der Waals surface area contributed by atoms with Gasteiger partial charge in [0.2, 0.25) is 17.8 Å². The molecule has 3 aromatic carbocycles. The molecule has 1 spiro atoms. The summed E-state index contributed by atoms with van der Waals surface area (Å²) in [4.78, 5) is 62.2. The van der Waals surface area contributed by atoms with Gasteiger partial charge in [0.25, 0.3) is 5.91 Å². The second-order valence-electron chi connectivity index (χ2n) is 19.7. The van der Waals surface area contributed by atoms with E-state index in [9.17, 15) is 18.9 Å². The molecule has 5 aromatic rings. The van der Waals surface area contributed by atoms with E-state index in [1.165, 1.54) is 49.8 Å². The van der Waals surface area contributed by atoms with Crippen molar-refractivity contribution in [3.05, 3.63) is 99.9 Å². The number of amides is 3. The lowest BCUT2D eigenvalue weighted by atomic mass is 9.71. The van der Waals surface area contributed by atoms with Gasteiger partial charge < -0.3 is 34.6 Å². The number of benzene rings is 3. The molecule has 2 aromatic heterocycles. The van der Waals surface area contributed by atoms with Crippen LogP contribution in [0.4, 0.5) is 28.8 Å². The van der Waals surface area contributed by atoms with Gasteiger partial charge in [-0.2, -0.15) is 4.98 Å². The van der Waals surface area contributed by atoms with Crippen molar-refractivity contribution >= 4 is 86.0 Å². The number of nitrogens with one attached hydrogen (secondary N) is 3. The number of nitrogens with zero attached hydrogens (tertiary/aromatic N) is 7. The van der Waals surface area contributed by atoms with Crippen LogP contribution in [0.1, 0.15) is 91.3 Å². The van der Waals surface area contributed by atoms with Gasteiger partial charge in [0.05, 0.1) is 33.8 Å². The average Bonchev–Trinajstić information content (AvgIpc) is 3.65. The Morgan fingerprint density at radius 2 is 1.71 bits per heavy atom. The number of methoxy groups -OCH3 is 1. The number of aromatic nitrogens is 4. The number of rotatable bonds is 16. The summed E-state index contributed by atoms with van der Waals surface area (Å²) in [6, 6.07) is 13.3. The summed E-state index contributed by atoms with van der Waals surface area (Å²) in [5, 5.41) is 9.77. The summed E-state index contributed by atoms with van der Waals surface area (Å²) in [6.45, 7) is 15.9. The minimum atomic E-state index is -2.77. The van der Waals surface area contributed by atoms with Gasteiger partial charge in [-0.25, -0.2) is 4.98 Å². The minimum absolute atomic E-state index is 0.138. The highest BCUT2D eigenvalue weighted by Crippen LogP contribution is 2.45. The van der Waals surface area contributed by atoms with Gasteiger partial charge in [0.15, 0.2) is 0 Å². The summed E-state index contributed by atoms with van der Waals surface area (Å²) in [6.07, 6.45) is 15.6. The van der Waals surface area contributed by atoms with E-state index in [2.05, 4.69) is 88.3 Å². The number of ether oxygens (including phenoxy) is 1. The van der Waals surface area contributed by atoms with Crippen molar-refractivity contribution in [1.29, 1.82) is 0 Å². The number of halogens is 1. The van der Waals surface area contributed by atoms with E-state index in [1.54, 1.807) is 43.9 Å². The Balaban J connectivity index is 0.718. The zero-order valence-electron chi connectivity index (χ0n) is 40.1. The van der Waals surface area contributed by atoms with Crippen LogP contribution in [-0.2, 0) is 27.1 Å². The number of carbonyl (C=O) groups is 3. The number of carbonyl (C=O) groups excluding carboxylic acids is 3. The number of allylic oxidation sites excluding steroid dienone is 1. The van der Waals surface area contributed by atoms with Crippen molar-refractivity contribution in [3.8, 4) is 5.75 Å². The topological polar surface area (TPSA) is 175 Å². The number of imide groups is 1. The second kappa shape index (κ2) is 20.3. The lowest BCUT2D eigenvalue weighted by Crippen LogP contribution is -2.52. The van der Waals surface area contributed by atoms with Crippen molar-refractivity contribution < 1.29 is 23.7 Å². The van der Waals surface area contributed by atoms with Gasteiger partial charge in [-0.15, -0.1) is 0 Å². The number of likely N-dealkylation sites (tertiary alicyclic amines) is 1. The van der Waals surface area contributed by atoms with Crippen LogP contribution in [0.2, 0.25) is 0 Å². The van der Waals surface area contributed by atoms with Gasteiger partial charge in [0.1, 0.15) is 30.3 Å². The zero-order chi connectivity index (χ0) is 48.5. The first-order valence-corrected chi connectivity index (χ1v) is 27.5. The number of hydrogen-bond donors (Lipinski definition) is 3. The zero-order valence-corrected chi connectivity index (χ0v) is 42.6. The molecule has 0 radical (unpaired) electrons. The molecule has 17 heteroatoms. The molecular weight excluding hydrogens is 956 g/mol. The second-order valence-corrected chi connectivity index (χ2v) is 23.7. The molecule has 1 unspecified atom stereocenters. The van der Waals surface area contributed by atoms with Crippen LogP contribution in [0.3, 0.4) is 0 Å². The Morgan fingerprint density at radius 3 is 2.46 bits per heavy atom. The van der Waals surface area contributed by atoms with E-state index in [0.717, 1.165) is 74.4 Å². The van der Waals surface area contributed by atoms with Crippen LogP contribution in [0.25, 0.3) is 11.0 Å². The lowest BCUT2D eigenvalue weighted by molar-refractivity contribution is -0.136. The summed E-state index contributed by atoms with van der Waals surface area (Å²) in [7, 11) is -1.08.